The molecule has 3 aromatic rings. The highest BCUT2D eigenvalue weighted by molar-refractivity contribution is 14.1. The zero-order chi connectivity index (χ0) is 16.1. The smallest absolute Gasteiger partial charge is 0.193 e. The molecule has 0 saturated heterocycles. The van der Waals surface area contributed by atoms with Gasteiger partial charge in [0.1, 0.15) is 12.4 Å². The van der Waals surface area contributed by atoms with Crippen molar-refractivity contribution in [2.75, 3.05) is 0 Å². The number of halogens is 1. The maximum atomic E-state index is 12.4. The van der Waals surface area contributed by atoms with Crippen molar-refractivity contribution in [2.45, 2.75) is 6.61 Å². The van der Waals surface area contributed by atoms with E-state index in [2.05, 4.69) is 22.6 Å². The van der Waals surface area contributed by atoms with Gasteiger partial charge in [-0.25, -0.2) is 0 Å². The van der Waals surface area contributed by atoms with E-state index < -0.39 is 0 Å². The van der Waals surface area contributed by atoms with Gasteiger partial charge in [-0.3, -0.25) is 4.79 Å². The van der Waals surface area contributed by atoms with Crippen LogP contribution in [0.5, 0.6) is 5.75 Å². The summed E-state index contributed by atoms with van der Waals surface area (Å²) in [6.45, 7) is 0.517. The van der Waals surface area contributed by atoms with Gasteiger partial charge in [0.25, 0.3) is 0 Å². The summed E-state index contributed by atoms with van der Waals surface area (Å²) >= 11 is 2.20. The van der Waals surface area contributed by atoms with Gasteiger partial charge in [-0.2, -0.15) is 0 Å². The molecule has 0 heterocycles. The van der Waals surface area contributed by atoms with Crippen LogP contribution in [0.2, 0.25) is 0 Å². The van der Waals surface area contributed by atoms with Gasteiger partial charge in [-0.05, 0) is 46.4 Å². The van der Waals surface area contributed by atoms with Crippen LogP contribution in [0, 0.1) is 3.57 Å². The molecule has 0 atom stereocenters. The number of ketones is 1. The minimum Gasteiger partial charge on any atom is -0.488 e. The molecule has 0 saturated carbocycles. The quantitative estimate of drug-likeness (QED) is 0.429. The molecule has 0 unspecified atom stereocenters. The summed E-state index contributed by atoms with van der Waals surface area (Å²) in [6.07, 6.45) is 0. The van der Waals surface area contributed by atoms with E-state index >= 15 is 0 Å². The molecule has 3 rings (SSSR count). The monoisotopic (exact) mass is 414 g/mol. The first-order chi connectivity index (χ1) is 11.2. The number of ether oxygens (including phenoxy) is 1. The van der Waals surface area contributed by atoms with Gasteiger partial charge >= 0.3 is 0 Å². The molecule has 0 amide bonds. The van der Waals surface area contributed by atoms with E-state index in [4.69, 9.17) is 4.74 Å². The molecule has 2 nitrogen and oxygen atoms in total. The molecule has 0 aliphatic heterocycles. The Labute approximate surface area is 149 Å². The summed E-state index contributed by atoms with van der Waals surface area (Å²) in [6, 6.07) is 24.9. The highest BCUT2D eigenvalue weighted by Gasteiger charge is 2.11. The van der Waals surface area contributed by atoms with Crippen LogP contribution in [0.3, 0.4) is 0 Å². The maximum Gasteiger partial charge on any atom is 0.193 e. The first-order valence-electron chi connectivity index (χ1n) is 7.30. The van der Waals surface area contributed by atoms with Crippen molar-refractivity contribution in [1.82, 2.24) is 0 Å². The molecule has 3 heteroatoms. The SMILES string of the molecule is O=C(c1ccccc1)c1ccc(OCc2ccccc2)c(I)c1. The summed E-state index contributed by atoms with van der Waals surface area (Å²) < 4.78 is 6.78. The highest BCUT2D eigenvalue weighted by Crippen LogP contribution is 2.24. The Bertz CT molecular complexity index is 798. The Kier molecular flexibility index (Phi) is 5.08. The average Bonchev–Trinajstić information content (AvgIpc) is 2.61. The topological polar surface area (TPSA) is 26.3 Å². The van der Waals surface area contributed by atoms with Crippen molar-refractivity contribution in [3.8, 4) is 5.75 Å². The predicted octanol–water partition coefficient (Wildman–Crippen LogP) is 5.10. The van der Waals surface area contributed by atoms with Crippen molar-refractivity contribution >= 4 is 28.4 Å². The largest absolute Gasteiger partial charge is 0.488 e. The summed E-state index contributed by atoms with van der Waals surface area (Å²) in [5.74, 6) is 0.817. The Hall–Kier alpha value is -2.14. The van der Waals surface area contributed by atoms with Crippen LogP contribution >= 0.6 is 22.6 Å². The van der Waals surface area contributed by atoms with Crippen LogP contribution in [-0.2, 0) is 6.61 Å². The van der Waals surface area contributed by atoms with E-state index in [0.29, 0.717) is 17.7 Å². The molecule has 3 aromatic carbocycles. The van der Waals surface area contributed by atoms with E-state index in [1.54, 1.807) is 0 Å². The van der Waals surface area contributed by atoms with Crippen molar-refractivity contribution in [3.63, 3.8) is 0 Å². The van der Waals surface area contributed by atoms with Gasteiger partial charge in [0.05, 0.1) is 3.57 Å². The third-order valence-electron chi connectivity index (χ3n) is 3.47. The van der Waals surface area contributed by atoms with Gasteiger partial charge in [-0.1, -0.05) is 60.7 Å². The van der Waals surface area contributed by atoms with Crippen molar-refractivity contribution in [1.29, 1.82) is 0 Å². The van der Waals surface area contributed by atoms with Crippen molar-refractivity contribution in [2.24, 2.45) is 0 Å². The lowest BCUT2D eigenvalue weighted by molar-refractivity contribution is 0.103. The Morgan fingerprint density at radius 1 is 0.826 bits per heavy atom. The van der Waals surface area contributed by atoms with Crippen molar-refractivity contribution < 1.29 is 9.53 Å². The second kappa shape index (κ2) is 7.42. The van der Waals surface area contributed by atoms with Crippen LogP contribution in [-0.4, -0.2) is 5.78 Å². The van der Waals surface area contributed by atoms with E-state index in [-0.39, 0.29) is 5.78 Å². The van der Waals surface area contributed by atoms with Crippen LogP contribution in [0.1, 0.15) is 21.5 Å². The molecule has 23 heavy (non-hydrogen) atoms. The van der Waals surface area contributed by atoms with Gasteiger partial charge in [0.15, 0.2) is 5.78 Å². The fourth-order valence-electron chi connectivity index (χ4n) is 2.25. The lowest BCUT2D eigenvalue weighted by Crippen LogP contribution is -2.03. The van der Waals surface area contributed by atoms with E-state index in [9.17, 15) is 4.79 Å². The standard InChI is InChI=1S/C20H15IO2/c21-18-13-17(20(22)16-9-5-2-6-10-16)11-12-19(18)23-14-15-7-3-1-4-8-15/h1-13H,14H2. The number of rotatable bonds is 5. The van der Waals surface area contributed by atoms with E-state index in [0.717, 1.165) is 14.9 Å². The summed E-state index contributed by atoms with van der Waals surface area (Å²) in [5.41, 5.74) is 2.49. The van der Waals surface area contributed by atoms with Gasteiger partial charge in [0.2, 0.25) is 0 Å². The molecule has 0 bridgehead atoms. The zero-order valence-electron chi connectivity index (χ0n) is 12.4. The summed E-state index contributed by atoms with van der Waals surface area (Å²) in [7, 11) is 0. The fraction of sp³-hybridized carbons (Fsp3) is 0.0500. The summed E-state index contributed by atoms with van der Waals surface area (Å²) in [5, 5.41) is 0. The van der Waals surface area contributed by atoms with Gasteiger partial charge < -0.3 is 4.74 Å². The normalized spacial score (nSPS) is 10.3. The van der Waals surface area contributed by atoms with Gasteiger partial charge in [0, 0.05) is 11.1 Å². The maximum absolute atomic E-state index is 12.4. The molecule has 0 aliphatic rings. The fourth-order valence-corrected chi connectivity index (χ4v) is 2.92. The van der Waals surface area contributed by atoms with Crippen LogP contribution in [0.25, 0.3) is 0 Å². The number of carbonyl (C=O) groups excluding carboxylic acids is 1. The zero-order valence-corrected chi connectivity index (χ0v) is 14.6. The molecule has 0 aliphatic carbocycles. The molecule has 0 fully saturated rings. The summed E-state index contributed by atoms with van der Waals surface area (Å²) in [4.78, 5) is 12.4. The Morgan fingerprint density at radius 2 is 1.48 bits per heavy atom. The van der Waals surface area contributed by atoms with E-state index in [1.807, 2.05) is 78.9 Å². The first kappa shape index (κ1) is 15.7. The number of carbonyl (C=O) groups is 1. The Balaban J connectivity index is 1.74. The third kappa shape index (κ3) is 3.99. The van der Waals surface area contributed by atoms with E-state index in [1.165, 1.54) is 0 Å². The lowest BCUT2D eigenvalue weighted by Gasteiger charge is -2.10. The number of hydrogen-bond donors (Lipinski definition) is 0. The highest BCUT2D eigenvalue weighted by atomic mass is 127. The molecule has 114 valence electrons. The van der Waals surface area contributed by atoms with Crippen LogP contribution < -0.4 is 4.74 Å². The Morgan fingerprint density at radius 3 is 2.13 bits per heavy atom. The number of hydrogen-bond acceptors (Lipinski definition) is 2. The molecule has 0 spiro atoms. The first-order valence-corrected chi connectivity index (χ1v) is 8.38. The number of benzene rings is 3. The van der Waals surface area contributed by atoms with Crippen LogP contribution in [0.15, 0.2) is 78.9 Å². The second-order valence-electron chi connectivity index (χ2n) is 5.11. The van der Waals surface area contributed by atoms with Crippen molar-refractivity contribution in [3.05, 3.63) is 99.1 Å². The minimum absolute atomic E-state index is 0.0260. The molecular weight excluding hydrogens is 399 g/mol. The van der Waals surface area contributed by atoms with Crippen LogP contribution in [0.4, 0.5) is 0 Å². The second-order valence-corrected chi connectivity index (χ2v) is 6.28. The lowest BCUT2D eigenvalue weighted by atomic mass is 10.0. The molecule has 0 N–H and O–H groups in total. The predicted molar refractivity (Wildman–Crippen MR) is 99.8 cm³/mol. The molecule has 0 radical (unpaired) electrons. The third-order valence-corrected chi connectivity index (χ3v) is 4.31. The minimum atomic E-state index is 0.0260. The molecule has 0 aromatic heterocycles. The van der Waals surface area contributed by atoms with Gasteiger partial charge in [-0.15, -0.1) is 0 Å². The average molecular weight is 414 g/mol. The molecular formula is C20H15IO2.